The number of halogens is 3. The van der Waals surface area contributed by atoms with E-state index in [0.29, 0.717) is 16.7 Å². The molecule has 1 aromatic rings. The Labute approximate surface area is 105 Å². The molecule has 0 spiro atoms. The molecule has 1 aliphatic rings. The van der Waals surface area contributed by atoms with Crippen LogP contribution in [0.3, 0.4) is 0 Å². The highest BCUT2D eigenvalue weighted by molar-refractivity contribution is 6.42. The van der Waals surface area contributed by atoms with Crippen molar-refractivity contribution in [1.29, 1.82) is 0 Å². The van der Waals surface area contributed by atoms with Crippen LogP contribution >= 0.6 is 35.6 Å². The van der Waals surface area contributed by atoms with Crippen LogP contribution in [0, 0.1) is 0 Å². The standard InChI is InChI=1S/C10H11Cl2NO.ClH/c11-8-3-1-2-7(10(8)12)9-6-13-4-5-14-9;/h1-3,9,13H,4-6H2;1H. The lowest BCUT2D eigenvalue weighted by Crippen LogP contribution is -2.33. The number of hydrogen-bond donors (Lipinski definition) is 1. The Balaban J connectivity index is 0.00000112. The minimum atomic E-state index is 0. The SMILES string of the molecule is Cl.Clc1cccc(C2CNCCO2)c1Cl. The summed E-state index contributed by atoms with van der Waals surface area (Å²) in [5.41, 5.74) is 0.964. The summed E-state index contributed by atoms with van der Waals surface area (Å²) >= 11 is 12.0. The van der Waals surface area contributed by atoms with Crippen molar-refractivity contribution in [3.63, 3.8) is 0 Å². The van der Waals surface area contributed by atoms with Gasteiger partial charge in [-0.2, -0.15) is 0 Å². The zero-order valence-electron chi connectivity index (χ0n) is 8.00. The van der Waals surface area contributed by atoms with Gasteiger partial charge in [0.2, 0.25) is 0 Å². The van der Waals surface area contributed by atoms with E-state index in [9.17, 15) is 0 Å². The van der Waals surface area contributed by atoms with E-state index in [0.717, 1.165) is 18.7 Å². The molecule has 1 N–H and O–H groups in total. The maximum atomic E-state index is 6.09. The molecule has 0 bridgehead atoms. The van der Waals surface area contributed by atoms with Gasteiger partial charge in [-0.3, -0.25) is 0 Å². The Kier molecular flexibility index (Phi) is 5.16. The van der Waals surface area contributed by atoms with Crippen LogP contribution in [-0.4, -0.2) is 19.7 Å². The van der Waals surface area contributed by atoms with Gasteiger partial charge in [-0.1, -0.05) is 35.3 Å². The van der Waals surface area contributed by atoms with Crippen molar-refractivity contribution in [2.24, 2.45) is 0 Å². The van der Waals surface area contributed by atoms with E-state index in [1.165, 1.54) is 0 Å². The Morgan fingerprint density at radius 2 is 2.13 bits per heavy atom. The molecule has 84 valence electrons. The monoisotopic (exact) mass is 267 g/mol. The maximum Gasteiger partial charge on any atom is 0.0964 e. The number of hydrogen-bond acceptors (Lipinski definition) is 2. The van der Waals surface area contributed by atoms with Crippen molar-refractivity contribution < 1.29 is 4.74 Å². The molecule has 5 heteroatoms. The molecule has 0 radical (unpaired) electrons. The van der Waals surface area contributed by atoms with E-state index in [-0.39, 0.29) is 18.5 Å². The molecule has 1 atom stereocenters. The highest BCUT2D eigenvalue weighted by Crippen LogP contribution is 2.31. The van der Waals surface area contributed by atoms with Gasteiger partial charge in [0, 0.05) is 18.7 Å². The lowest BCUT2D eigenvalue weighted by atomic mass is 10.1. The quantitative estimate of drug-likeness (QED) is 0.845. The summed E-state index contributed by atoms with van der Waals surface area (Å²) in [6, 6.07) is 5.62. The summed E-state index contributed by atoms with van der Waals surface area (Å²) in [5.74, 6) is 0. The molecule has 2 nitrogen and oxygen atoms in total. The summed E-state index contributed by atoms with van der Waals surface area (Å²) in [4.78, 5) is 0. The summed E-state index contributed by atoms with van der Waals surface area (Å²) < 4.78 is 5.59. The molecule has 15 heavy (non-hydrogen) atoms. The summed E-state index contributed by atoms with van der Waals surface area (Å²) in [7, 11) is 0. The zero-order chi connectivity index (χ0) is 9.97. The third kappa shape index (κ3) is 2.99. The van der Waals surface area contributed by atoms with Crippen LogP contribution in [-0.2, 0) is 4.74 Å². The summed E-state index contributed by atoms with van der Waals surface area (Å²) in [6.45, 7) is 2.41. The molecular formula is C10H12Cl3NO. The molecule has 0 amide bonds. The van der Waals surface area contributed by atoms with E-state index >= 15 is 0 Å². The van der Waals surface area contributed by atoms with E-state index < -0.39 is 0 Å². The van der Waals surface area contributed by atoms with Crippen LogP contribution in [0.1, 0.15) is 11.7 Å². The average molecular weight is 269 g/mol. The number of ether oxygens (including phenoxy) is 1. The fraction of sp³-hybridized carbons (Fsp3) is 0.400. The van der Waals surface area contributed by atoms with Crippen molar-refractivity contribution in [3.8, 4) is 0 Å². The molecule has 1 saturated heterocycles. The first-order valence-electron chi connectivity index (χ1n) is 4.55. The Hall–Kier alpha value is 0.01000. The lowest BCUT2D eigenvalue weighted by molar-refractivity contribution is 0.0278. The van der Waals surface area contributed by atoms with Gasteiger partial charge in [0.25, 0.3) is 0 Å². The molecule has 1 aromatic carbocycles. The van der Waals surface area contributed by atoms with Crippen LogP contribution in [0.2, 0.25) is 10.0 Å². The fourth-order valence-corrected chi connectivity index (χ4v) is 1.96. The first-order valence-corrected chi connectivity index (χ1v) is 5.31. The number of rotatable bonds is 1. The lowest BCUT2D eigenvalue weighted by Gasteiger charge is -2.24. The molecular weight excluding hydrogens is 256 g/mol. The second-order valence-electron chi connectivity index (χ2n) is 3.21. The predicted molar refractivity (Wildman–Crippen MR) is 65.3 cm³/mol. The molecule has 0 saturated carbocycles. The molecule has 1 unspecified atom stereocenters. The number of benzene rings is 1. The van der Waals surface area contributed by atoms with Crippen LogP contribution < -0.4 is 5.32 Å². The fourth-order valence-electron chi connectivity index (χ4n) is 1.53. The second-order valence-corrected chi connectivity index (χ2v) is 3.99. The van der Waals surface area contributed by atoms with Crippen LogP contribution in [0.25, 0.3) is 0 Å². The number of nitrogens with one attached hydrogen (secondary N) is 1. The molecule has 0 aliphatic carbocycles. The minimum Gasteiger partial charge on any atom is -0.371 e. The van der Waals surface area contributed by atoms with Crippen LogP contribution in [0.5, 0.6) is 0 Å². The van der Waals surface area contributed by atoms with Gasteiger partial charge in [0.1, 0.15) is 0 Å². The van der Waals surface area contributed by atoms with Crippen molar-refractivity contribution in [2.75, 3.05) is 19.7 Å². The van der Waals surface area contributed by atoms with Crippen molar-refractivity contribution in [2.45, 2.75) is 6.10 Å². The molecule has 1 heterocycles. The van der Waals surface area contributed by atoms with Gasteiger partial charge in [0.15, 0.2) is 0 Å². The van der Waals surface area contributed by atoms with Crippen LogP contribution in [0.15, 0.2) is 18.2 Å². The van der Waals surface area contributed by atoms with E-state index in [4.69, 9.17) is 27.9 Å². The maximum absolute atomic E-state index is 6.09. The summed E-state index contributed by atoms with van der Waals surface area (Å²) in [5, 5.41) is 4.43. The van der Waals surface area contributed by atoms with Crippen LogP contribution in [0.4, 0.5) is 0 Å². The molecule has 1 aliphatic heterocycles. The van der Waals surface area contributed by atoms with Gasteiger partial charge in [0.05, 0.1) is 22.8 Å². The largest absolute Gasteiger partial charge is 0.371 e. The Morgan fingerprint density at radius 1 is 1.33 bits per heavy atom. The van der Waals surface area contributed by atoms with Gasteiger partial charge in [-0.05, 0) is 6.07 Å². The first kappa shape index (κ1) is 13.1. The smallest absolute Gasteiger partial charge is 0.0964 e. The van der Waals surface area contributed by atoms with Gasteiger partial charge < -0.3 is 10.1 Å². The van der Waals surface area contributed by atoms with Gasteiger partial charge in [-0.25, -0.2) is 0 Å². The topological polar surface area (TPSA) is 21.3 Å². The van der Waals surface area contributed by atoms with Crippen molar-refractivity contribution in [1.82, 2.24) is 5.32 Å². The minimum absolute atomic E-state index is 0. The van der Waals surface area contributed by atoms with E-state index in [1.807, 2.05) is 12.1 Å². The van der Waals surface area contributed by atoms with Crippen molar-refractivity contribution >= 4 is 35.6 Å². The predicted octanol–water partition coefficient (Wildman–Crippen LogP) is 3.08. The molecule has 2 rings (SSSR count). The van der Waals surface area contributed by atoms with Gasteiger partial charge in [-0.15, -0.1) is 12.4 Å². The Morgan fingerprint density at radius 3 is 2.80 bits per heavy atom. The normalized spacial score (nSPS) is 20.8. The highest BCUT2D eigenvalue weighted by atomic mass is 35.5. The third-order valence-corrected chi connectivity index (χ3v) is 3.09. The summed E-state index contributed by atoms with van der Waals surface area (Å²) in [6.07, 6.45) is 0.0231. The van der Waals surface area contributed by atoms with Gasteiger partial charge >= 0.3 is 0 Å². The highest BCUT2D eigenvalue weighted by Gasteiger charge is 2.19. The van der Waals surface area contributed by atoms with E-state index in [2.05, 4.69) is 5.32 Å². The van der Waals surface area contributed by atoms with Crippen molar-refractivity contribution in [3.05, 3.63) is 33.8 Å². The average Bonchev–Trinajstić information content (AvgIpc) is 2.23. The third-order valence-electron chi connectivity index (χ3n) is 2.26. The second kappa shape index (κ2) is 5.92. The van der Waals surface area contributed by atoms with E-state index in [1.54, 1.807) is 6.07 Å². The zero-order valence-corrected chi connectivity index (χ0v) is 10.3. The molecule has 0 aromatic heterocycles. The first-order chi connectivity index (χ1) is 6.79. The number of morpholine rings is 1. The Bertz CT molecular complexity index is 326. The molecule has 1 fully saturated rings.